The smallest absolute Gasteiger partial charge is 0 e. The Morgan fingerprint density at radius 2 is 0.500 bits per heavy atom. The SMILES string of the molecule is B[O][V](=[O])=[O].O.O.O.O.O.O.O.O.O.O.O.O.O.O.O.O.O.[KH].[Ni]. The Balaban J connectivity index is -0.000000000468. The largest absolute Gasteiger partial charge is 0 e. The predicted molar refractivity (Wildman–Crippen MR) is 79.6 cm³/mol. The van der Waals surface area contributed by atoms with Crippen molar-refractivity contribution < 1.29 is 136 Å². The van der Waals surface area contributed by atoms with Gasteiger partial charge in [-0.15, -0.1) is 0 Å². The van der Waals surface area contributed by atoms with Gasteiger partial charge in [-0.25, -0.2) is 0 Å². The predicted octanol–water partition coefficient (Wildman–Crippen LogP) is -15.9. The van der Waals surface area contributed by atoms with E-state index in [1.807, 2.05) is 0 Å². The molecule has 34 N–H and O–H groups in total. The van der Waals surface area contributed by atoms with Crippen LogP contribution in [-0.4, -0.2) is 153 Å². The van der Waals surface area contributed by atoms with E-state index in [0.717, 1.165) is 8.05 Å². The van der Waals surface area contributed by atoms with Crippen LogP contribution in [0.15, 0.2) is 0 Å². The normalized spacial score (nSPS) is 1.50. The monoisotopic (exact) mass is 516 g/mol. The summed E-state index contributed by atoms with van der Waals surface area (Å²) in [6.07, 6.45) is 0. The maximum atomic E-state index is 9.26. The van der Waals surface area contributed by atoms with Crippen molar-refractivity contribution >= 4 is 59.4 Å². The number of hydrogen-bond acceptors (Lipinski definition) is 3. The number of rotatable bonds is 1. The van der Waals surface area contributed by atoms with Crippen molar-refractivity contribution in [1.29, 1.82) is 0 Å². The van der Waals surface area contributed by atoms with Gasteiger partial charge in [0.1, 0.15) is 0 Å². The molecule has 0 saturated carbocycles. The van der Waals surface area contributed by atoms with Crippen molar-refractivity contribution in [3.05, 3.63) is 0 Å². The van der Waals surface area contributed by atoms with Crippen LogP contribution in [-0.2, 0) is 42.8 Å². The molecule has 0 saturated heterocycles. The second-order valence-electron chi connectivity index (χ2n) is 0.406. The van der Waals surface area contributed by atoms with Gasteiger partial charge in [0.25, 0.3) is 0 Å². The van der Waals surface area contributed by atoms with Gasteiger partial charge in [0.2, 0.25) is 0 Å². The molecular formula is H37BKNiO20V. The Bertz CT molecular complexity index is 81.7. The van der Waals surface area contributed by atoms with Crippen LogP contribution >= 0.6 is 0 Å². The minimum atomic E-state index is -3.20. The van der Waals surface area contributed by atoms with Gasteiger partial charge >= 0.3 is 85.8 Å². The quantitative estimate of drug-likeness (QED) is 0.306. The zero-order valence-corrected chi connectivity index (χ0v) is 13.9. The Morgan fingerprint density at radius 3 is 0.500 bits per heavy atom. The maximum absolute atomic E-state index is 9.26. The third kappa shape index (κ3) is 907. The molecule has 0 amide bonds. The fraction of sp³-hybridized carbons (Fsp3) is 0. The Kier molecular flexibility index (Phi) is 8750. The van der Waals surface area contributed by atoms with Gasteiger partial charge in [0.05, 0.1) is 0 Å². The van der Waals surface area contributed by atoms with Crippen LogP contribution in [0.1, 0.15) is 0 Å². The molecule has 24 heavy (non-hydrogen) atoms. The minimum absolute atomic E-state index is 0. The molecule has 0 heterocycles. The van der Waals surface area contributed by atoms with Crippen molar-refractivity contribution in [1.82, 2.24) is 0 Å². The molecule has 0 fully saturated rings. The van der Waals surface area contributed by atoms with Gasteiger partial charge in [0.15, 0.2) is 0 Å². The van der Waals surface area contributed by atoms with Gasteiger partial charge < -0.3 is 93.1 Å². The van der Waals surface area contributed by atoms with E-state index in [0.29, 0.717) is 0 Å². The Morgan fingerprint density at radius 1 is 0.458 bits per heavy atom. The minimum Gasteiger partial charge on any atom is 0 e. The molecule has 24 heteroatoms. The Hall–Kier alpha value is 1.66. The average molecular weight is 517 g/mol. The first-order chi connectivity index (χ1) is 2.27. The summed E-state index contributed by atoms with van der Waals surface area (Å²) in [5.41, 5.74) is 0. The fourth-order valence-electron chi connectivity index (χ4n) is 0. The summed E-state index contributed by atoms with van der Waals surface area (Å²) in [6.45, 7) is 0. The van der Waals surface area contributed by atoms with Gasteiger partial charge in [-0.2, -0.15) is 0 Å². The number of hydrogen-bond donors (Lipinski definition) is 0. The van der Waals surface area contributed by atoms with Crippen molar-refractivity contribution in [2.75, 3.05) is 0 Å². The van der Waals surface area contributed by atoms with E-state index in [9.17, 15) is 7.35 Å². The molecule has 20 nitrogen and oxygen atoms in total. The third-order valence-electron chi connectivity index (χ3n) is 0.149. The summed E-state index contributed by atoms with van der Waals surface area (Å²) < 4.78 is 22.3. The second-order valence-corrected chi connectivity index (χ2v) is 1.67. The van der Waals surface area contributed by atoms with Crippen LogP contribution in [0, 0.1) is 0 Å². The topological polar surface area (TPSA) is 579 Å². The fourth-order valence-corrected chi connectivity index (χ4v) is 0. The van der Waals surface area contributed by atoms with Crippen LogP contribution in [0.25, 0.3) is 0 Å². The summed E-state index contributed by atoms with van der Waals surface area (Å²) in [7, 11) is 1.14. The summed E-state index contributed by atoms with van der Waals surface area (Å²) in [6, 6.07) is 0. The molecule has 0 aromatic rings. The van der Waals surface area contributed by atoms with E-state index in [4.69, 9.17) is 0 Å². The summed E-state index contributed by atoms with van der Waals surface area (Å²) >= 11 is -3.20. The molecule has 0 radical (unpaired) electrons. The van der Waals surface area contributed by atoms with E-state index in [1.165, 1.54) is 0 Å². The maximum Gasteiger partial charge on any atom is 0 e. The van der Waals surface area contributed by atoms with Crippen LogP contribution in [0.3, 0.4) is 0 Å². The van der Waals surface area contributed by atoms with Gasteiger partial charge in [0, 0.05) is 16.5 Å². The van der Waals surface area contributed by atoms with Crippen LogP contribution in [0.2, 0.25) is 0 Å². The van der Waals surface area contributed by atoms with E-state index in [2.05, 4.69) is 3.58 Å². The molecule has 0 aliphatic heterocycles. The third-order valence-corrected chi connectivity index (χ3v) is 0.615. The standard InChI is InChI=1S/BH2O.K.Ni.17H2O.2O.V.H/c1-2;;;;;;;;;;;;;;;;;;;;;;;/h1H2;;;17*1H2;;;;/q-1;;;;;;;;;;;;;;;;;;;;;;+1;. The molecule has 0 aromatic heterocycles. The van der Waals surface area contributed by atoms with Gasteiger partial charge in [-0.3, -0.25) is 0 Å². The van der Waals surface area contributed by atoms with Crippen LogP contribution in [0.4, 0.5) is 0 Å². The van der Waals surface area contributed by atoms with Crippen LogP contribution < -0.4 is 0 Å². The van der Waals surface area contributed by atoms with E-state index >= 15 is 0 Å². The first-order valence-corrected chi connectivity index (χ1v) is 2.67. The van der Waals surface area contributed by atoms with E-state index in [1.54, 1.807) is 0 Å². The molecule has 0 aromatic carbocycles. The molecule has 0 bridgehead atoms. The summed E-state index contributed by atoms with van der Waals surface area (Å²) in [5, 5.41) is 0. The molecule has 0 spiro atoms. The molecular weight excluding hydrogens is 480 g/mol. The van der Waals surface area contributed by atoms with Crippen molar-refractivity contribution in [3.63, 3.8) is 0 Å². The molecule has 176 valence electrons. The molecule has 0 atom stereocenters. The van der Waals surface area contributed by atoms with Crippen LogP contribution in [0.5, 0.6) is 0 Å². The molecule has 0 unspecified atom stereocenters. The zero-order chi connectivity index (χ0) is 4.28. The first-order valence-electron chi connectivity index (χ1n) is 0.956. The van der Waals surface area contributed by atoms with Crippen molar-refractivity contribution in [2.45, 2.75) is 0 Å². The summed E-state index contributed by atoms with van der Waals surface area (Å²) in [5.74, 6) is 0. The van der Waals surface area contributed by atoms with E-state index in [-0.39, 0.29) is 161 Å². The second kappa shape index (κ2) is 431. The first kappa shape index (κ1) is 487. The summed E-state index contributed by atoms with van der Waals surface area (Å²) in [4.78, 5) is 0. The zero-order valence-electron chi connectivity index (χ0n) is 11.5. The Labute approximate surface area is 193 Å². The molecule has 0 aliphatic carbocycles. The average Bonchev–Trinajstić information content (AvgIpc) is 1.38. The van der Waals surface area contributed by atoms with Gasteiger partial charge in [-0.05, 0) is 0 Å². The van der Waals surface area contributed by atoms with Crippen molar-refractivity contribution in [3.8, 4) is 0 Å². The van der Waals surface area contributed by atoms with Gasteiger partial charge in [-0.1, -0.05) is 0 Å². The molecule has 0 rings (SSSR count). The van der Waals surface area contributed by atoms with Crippen molar-refractivity contribution in [2.24, 2.45) is 0 Å². The molecule has 0 aliphatic rings. The van der Waals surface area contributed by atoms with E-state index < -0.39 is 15.4 Å².